The number of carboxylic acids is 1. The number of aliphatic carboxylic acids is 1. The van der Waals surface area contributed by atoms with Crippen LogP contribution in [0.4, 0.5) is 0 Å². The molecule has 0 saturated carbocycles. The first-order chi connectivity index (χ1) is 13.2. The lowest BCUT2D eigenvalue weighted by Gasteiger charge is -2.10. The van der Waals surface area contributed by atoms with Crippen LogP contribution in [0.25, 0.3) is 27.8 Å². The van der Waals surface area contributed by atoms with Gasteiger partial charge in [0, 0.05) is 6.42 Å². The van der Waals surface area contributed by atoms with Crippen molar-refractivity contribution in [2.75, 3.05) is 0 Å². The second kappa shape index (κ2) is 7.46. The summed E-state index contributed by atoms with van der Waals surface area (Å²) in [6.45, 7) is 0. The Hall–Kier alpha value is -3.39. The molecule has 132 valence electrons. The van der Waals surface area contributed by atoms with E-state index < -0.39 is 5.97 Å². The topological polar surface area (TPSA) is 37.3 Å². The Kier molecular flexibility index (Phi) is 4.71. The third-order valence-electron chi connectivity index (χ3n) is 4.87. The van der Waals surface area contributed by atoms with Gasteiger partial charge in [0.25, 0.3) is 0 Å². The maximum Gasteiger partial charge on any atom is 0.303 e. The van der Waals surface area contributed by atoms with Crippen LogP contribution in [0, 0.1) is 0 Å². The summed E-state index contributed by atoms with van der Waals surface area (Å²) in [7, 11) is 0. The van der Waals surface area contributed by atoms with Gasteiger partial charge in [-0.1, -0.05) is 91.0 Å². The van der Waals surface area contributed by atoms with Crippen LogP contribution in [0.15, 0.2) is 91.0 Å². The maximum absolute atomic E-state index is 11.0. The molecule has 2 heteroatoms. The lowest BCUT2D eigenvalue weighted by molar-refractivity contribution is -0.136. The van der Waals surface area contributed by atoms with Crippen LogP contribution in [0.1, 0.15) is 24.0 Å². The average Bonchev–Trinajstić information content (AvgIpc) is 3.04. The van der Waals surface area contributed by atoms with E-state index in [0.29, 0.717) is 6.42 Å². The summed E-state index contributed by atoms with van der Waals surface area (Å²) >= 11 is 0. The Balaban J connectivity index is 1.87. The zero-order valence-corrected chi connectivity index (χ0v) is 14.9. The molecule has 0 aromatic carbocycles. The lowest BCUT2D eigenvalue weighted by Crippen LogP contribution is -1.94. The smallest absolute Gasteiger partial charge is 0.303 e. The van der Waals surface area contributed by atoms with Gasteiger partial charge in [-0.3, -0.25) is 4.79 Å². The van der Waals surface area contributed by atoms with Gasteiger partial charge in [0.2, 0.25) is 0 Å². The summed E-state index contributed by atoms with van der Waals surface area (Å²) in [5.41, 5.74) is 8.10. The second-order valence-electron chi connectivity index (χ2n) is 6.60. The van der Waals surface area contributed by atoms with Crippen molar-refractivity contribution in [3.63, 3.8) is 0 Å². The molecule has 0 bridgehead atoms. The first-order valence-corrected chi connectivity index (χ1v) is 9.12. The van der Waals surface area contributed by atoms with Crippen LogP contribution >= 0.6 is 0 Å². The molecule has 0 amide bonds. The fourth-order valence-corrected chi connectivity index (χ4v) is 3.60. The molecule has 0 aliphatic heterocycles. The zero-order valence-electron chi connectivity index (χ0n) is 14.9. The molecule has 0 saturated heterocycles. The molecular formula is C25H20O2. The minimum absolute atomic E-state index is 0.127. The van der Waals surface area contributed by atoms with Crippen molar-refractivity contribution in [1.82, 2.24) is 0 Å². The number of carboxylic acid groups (broad SMARTS) is 1. The van der Waals surface area contributed by atoms with Crippen molar-refractivity contribution in [3.05, 3.63) is 102 Å². The van der Waals surface area contributed by atoms with E-state index in [4.69, 9.17) is 5.11 Å². The van der Waals surface area contributed by atoms with Crippen LogP contribution < -0.4 is 0 Å². The number of fused-ring (bicyclic) bond motifs is 2. The largest absolute Gasteiger partial charge is 0.481 e. The van der Waals surface area contributed by atoms with Crippen LogP contribution in [0.3, 0.4) is 0 Å². The fourth-order valence-electron chi connectivity index (χ4n) is 3.60. The van der Waals surface area contributed by atoms with E-state index in [2.05, 4.69) is 54.6 Å². The quantitative estimate of drug-likeness (QED) is 0.465. The summed E-state index contributed by atoms with van der Waals surface area (Å²) in [4.78, 5) is 11.0. The molecule has 4 aliphatic carbocycles. The van der Waals surface area contributed by atoms with Crippen molar-refractivity contribution >= 4 is 11.5 Å². The Morgan fingerprint density at radius 2 is 1.22 bits per heavy atom. The highest BCUT2D eigenvalue weighted by Gasteiger charge is 2.18. The zero-order chi connectivity index (χ0) is 18.6. The molecule has 0 fully saturated rings. The van der Waals surface area contributed by atoms with Gasteiger partial charge in [0.1, 0.15) is 0 Å². The van der Waals surface area contributed by atoms with E-state index in [9.17, 15) is 4.79 Å². The highest BCUT2D eigenvalue weighted by atomic mass is 16.4. The van der Waals surface area contributed by atoms with Gasteiger partial charge >= 0.3 is 5.97 Å². The third-order valence-corrected chi connectivity index (χ3v) is 4.87. The molecule has 0 radical (unpaired) electrons. The molecule has 0 aromatic heterocycles. The Morgan fingerprint density at radius 3 is 1.74 bits per heavy atom. The van der Waals surface area contributed by atoms with Crippen molar-refractivity contribution in [3.8, 4) is 22.3 Å². The molecule has 0 atom stereocenters. The monoisotopic (exact) mass is 352 g/mol. The van der Waals surface area contributed by atoms with Gasteiger partial charge in [0.15, 0.2) is 0 Å². The van der Waals surface area contributed by atoms with E-state index in [1.165, 1.54) is 22.3 Å². The van der Waals surface area contributed by atoms with E-state index in [1.54, 1.807) is 0 Å². The summed E-state index contributed by atoms with van der Waals surface area (Å²) in [6, 6.07) is 29.2. The number of allylic oxidation sites excluding steroid dienone is 1. The predicted molar refractivity (Wildman–Crippen MR) is 110 cm³/mol. The van der Waals surface area contributed by atoms with Crippen molar-refractivity contribution in [2.24, 2.45) is 0 Å². The highest BCUT2D eigenvalue weighted by molar-refractivity contribution is 5.96. The first kappa shape index (κ1) is 17.0. The number of hydrogen-bond acceptors (Lipinski definition) is 1. The molecule has 4 aliphatic rings. The van der Waals surface area contributed by atoms with E-state index >= 15 is 0 Å². The number of carbonyl (C=O) groups is 1. The normalized spacial score (nSPS) is 10.8. The van der Waals surface area contributed by atoms with Crippen molar-refractivity contribution in [1.29, 1.82) is 0 Å². The molecule has 0 unspecified atom stereocenters. The molecular weight excluding hydrogens is 332 g/mol. The summed E-state index contributed by atoms with van der Waals surface area (Å²) < 4.78 is 0. The number of rotatable bonds is 5. The van der Waals surface area contributed by atoms with Crippen LogP contribution in [0.2, 0.25) is 0 Å². The molecule has 2 nitrogen and oxygen atoms in total. The maximum atomic E-state index is 11.0. The minimum Gasteiger partial charge on any atom is -0.481 e. The van der Waals surface area contributed by atoms with Crippen LogP contribution in [0.5, 0.6) is 0 Å². The Labute approximate surface area is 159 Å². The van der Waals surface area contributed by atoms with Gasteiger partial charge in [-0.2, -0.15) is 0 Å². The lowest BCUT2D eigenvalue weighted by atomic mass is 9.93. The predicted octanol–water partition coefficient (Wildman–Crippen LogP) is 6.19. The summed E-state index contributed by atoms with van der Waals surface area (Å²) in [6.07, 6.45) is 2.70. The molecule has 1 N–H and O–H groups in total. The molecule has 4 rings (SSSR count). The van der Waals surface area contributed by atoms with E-state index in [1.807, 2.05) is 36.4 Å². The minimum atomic E-state index is -0.775. The Bertz CT molecular complexity index is 986. The van der Waals surface area contributed by atoms with Gasteiger partial charge in [-0.15, -0.1) is 0 Å². The highest BCUT2D eigenvalue weighted by Crippen LogP contribution is 2.40. The second-order valence-corrected chi connectivity index (χ2v) is 6.60. The van der Waals surface area contributed by atoms with E-state index in [0.717, 1.165) is 16.7 Å². The standard InChI is InChI=1S/C25H20O2/c26-25(27)13-7-12-22(23-16-14-18-8-3-1-5-10-20(18)23)24-17-15-19-9-4-2-6-11-21(19)24/h1-6,8-12,14-17H,7,13H2,(H,26,27). The Morgan fingerprint density at radius 1 is 0.704 bits per heavy atom. The first-order valence-electron chi connectivity index (χ1n) is 9.12. The van der Waals surface area contributed by atoms with Gasteiger partial charge in [-0.25, -0.2) is 0 Å². The van der Waals surface area contributed by atoms with Gasteiger partial charge in [0.05, 0.1) is 0 Å². The van der Waals surface area contributed by atoms with Gasteiger partial charge in [-0.05, 0) is 45.4 Å². The van der Waals surface area contributed by atoms with Crippen LogP contribution in [-0.4, -0.2) is 11.1 Å². The molecule has 0 heterocycles. The summed E-state index contributed by atoms with van der Waals surface area (Å²) in [5, 5.41) is 9.07. The SMILES string of the molecule is O=C(O)CCC=C(c1ccc2cccccc1-2)c1ccc2cccccc1-2. The molecule has 0 spiro atoms. The summed E-state index contributed by atoms with van der Waals surface area (Å²) in [5.74, 6) is -0.775. The average molecular weight is 352 g/mol. The fraction of sp³-hybridized carbons (Fsp3) is 0.0800. The van der Waals surface area contributed by atoms with E-state index in [-0.39, 0.29) is 6.42 Å². The van der Waals surface area contributed by atoms with Crippen LogP contribution in [-0.2, 0) is 4.79 Å². The van der Waals surface area contributed by atoms with Crippen molar-refractivity contribution in [2.45, 2.75) is 12.8 Å². The molecule has 0 aromatic rings. The van der Waals surface area contributed by atoms with Crippen molar-refractivity contribution < 1.29 is 9.90 Å². The third kappa shape index (κ3) is 3.47. The van der Waals surface area contributed by atoms with Gasteiger partial charge < -0.3 is 5.11 Å². The molecule has 27 heavy (non-hydrogen) atoms. The number of hydrogen-bond donors (Lipinski definition) is 1.